The van der Waals surface area contributed by atoms with E-state index in [0.29, 0.717) is 5.95 Å². The van der Waals surface area contributed by atoms with Gasteiger partial charge in [0.25, 0.3) is 0 Å². The number of fused-ring (bicyclic) bond motifs is 5. The summed E-state index contributed by atoms with van der Waals surface area (Å²) in [6, 6.07) is 75.2. The lowest BCUT2D eigenvalue weighted by Gasteiger charge is -2.46. The summed E-state index contributed by atoms with van der Waals surface area (Å²) in [4.78, 5) is 13.0. The fourth-order valence-electron chi connectivity index (χ4n) is 8.82. The summed E-state index contributed by atoms with van der Waals surface area (Å²) >= 11 is 0. The number of nitrogens with zero attached hydrogens (tertiary/aromatic N) is 3. The first-order chi connectivity index (χ1) is 28.3. The van der Waals surface area contributed by atoms with Crippen LogP contribution in [0.4, 0.5) is 17.3 Å². The molecule has 0 amide bonds. The van der Waals surface area contributed by atoms with E-state index in [1.165, 1.54) is 11.1 Å². The molecule has 10 aromatic rings. The average Bonchev–Trinajstić information content (AvgIpc) is 3.67. The van der Waals surface area contributed by atoms with Gasteiger partial charge in [0.2, 0.25) is 5.95 Å². The maximum absolute atomic E-state index is 6.21. The summed E-state index contributed by atoms with van der Waals surface area (Å²) in [6.07, 6.45) is 0. The normalized spacial score (nSPS) is 13.0. The summed E-state index contributed by atoms with van der Waals surface area (Å²) in [5.74, 6) is 0.617. The molecule has 57 heavy (non-hydrogen) atoms. The van der Waals surface area contributed by atoms with Gasteiger partial charge in [0.05, 0.1) is 28.2 Å². The van der Waals surface area contributed by atoms with Gasteiger partial charge < -0.3 is 4.42 Å². The monoisotopic (exact) mass is 729 g/mol. The van der Waals surface area contributed by atoms with Gasteiger partial charge in [0, 0.05) is 21.9 Å². The minimum Gasteiger partial charge on any atom is -0.456 e. The van der Waals surface area contributed by atoms with Crippen LogP contribution in [0.2, 0.25) is 0 Å². The largest absolute Gasteiger partial charge is 0.456 e. The first-order valence-electron chi connectivity index (χ1n) is 19.3. The van der Waals surface area contributed by atoms with Gasteiger partial charge >= 0.3 is 0 Å². The highest BCUT2D eigenvalue weighted by Crippen LogP contribution is 2.57. The van der Waals surface area contributed by atoms with Crippen LogP contribution >= 0.6 is 0 Å². The Balaban J connectivity index is 1.16. The standard InChI is InChI=1S/C53H35N3O/c1-4-17-36(18-5-1)46-35-47(37-19-6-2-7-20-37)55-52(54-46)56-48-28-13-11-26-44(48)53(40-22-8-3-9-23-40,45-27-12-14-29-49(45)56)41-24-16-21-38(33-41)39-31-32-51-43(34-39)42-25-10-15-30-50(42)57-51/h1-35H. The lowest BCUT2D eigenvalue weighted by atomic mass is 9.62. The average molecular weight is 730 g/mol. The van der Waals surface area contributed by atoms with Gasteiger partial charge in [0.15, 0.2) is 0 Å². The molecule has 3 heterocycles. The molecule has 11 rings (SSSR count). The van der Waals surface area contributed by atoms with Crippen molar-refractivity contribution in [2.24, 2.45) is 0 Å². The van der Waals surface area contributed by atoms with Crippen LogP contribution in [-0.2, 0) is 5.41 Å². The summed E-state index contributed by atoms with van der Waals surface area (Å²) in [6.45, 7) is 0. The number of anilines is 3. The molecule has 268 valence electrons. The molecule has 8 aromatic carbocycles. The number of benzene rings is 8. The molecule has 2 aromatic heterocycles. The van der Waals surface area contributed by atoms with Crippen LogP contribution in [0.3, 0.4) is 0 Å². The molecular weight excluding hydrogens is 695 g/mol. The number of hydrogen-bond donors (Lipinski definition) is 0. The van der Waals surface area contributed by atoms with Crippen LogP contribution in [-0.4, -0.2) is 9.97 Å². The Morgan fingerprint density at radius 2 is 0.877 bits per heavy atom. The molecule has 4 nitrogen and oxygen atoms in total. The van der Waals surface area contributed by atoms with E-state index in [2.05, 4.69) is 193 Å². The molecule has 4 heteroatoms. The molecule has 0 radical (unpaired) electrons. The summed E-state index contributed by atoms with van der Waals surface area (Å²) < 4.78 is 6.21. The molecule has 0 bridgehead atoms. The summed E-state index contributed by atoms with van der Waals surface area (Å²) in [5, 5.41) is 2.23. The van der Waals surface area contributed by atoms with E-state index in [1.807, 2.05) is 24.3 Å². The Morgan fingerprint density at radius 3 is 1.54 bits per heavy atom. The van der Waals surface area contributed by atoms with Gasteiger partial charge in [-0.3, -0.25) is 4.90 Å². The number of furan rings is 1. The van der Waals surface area contributed by atoms with Gasteiger partial charge in [-0.25, -0.2) is 9.97 Å². The highest BCUT2D eigenvalue weighted by Gasteiger charge is 2.47. The molecule has 0 saturated carbocycles. The van der Waals surface area contributed by atoms with Crippen LogP contribution < -0.4 is 4.90 Å². The zero-order chi connectivity index (χ0) is 37.8. The number of para-hydroxylation sites is 3. The maximum atomic E-state index is 6.21. The van der Waals surface area contributed by atoms with Gasteiger partial charge in [-0.1, -0.05) is 170 Å². The van der Waals surface area contributed by atoms with Crippen molar-refractivity contribution >= 4 is 39.3 Å². The lowest BCUT2D eigenvalue weighted by molar-refractivity contribution is 0.669. The maximum Gasteiger partial charge on any atom is 0.235 e. The van der Waals surface area contributed by atoms with E-state index >= 15 is 0 Å². The molecule has 0 fully saturated rings. The highest BCUT2D eigenvalue weighted by molar-refractivity contribution is 6.06. The molecule has 0 N–H and O–H groups in total. The third kappa shape index (κ3) is 5.30. The quantitative estimate of drug-likeness (QED) is 0.171. The Bertz CT molecular complexity index is 2980. The molecule has 0 atom stereocenters. The van der Waals surface area contributed by atoms with Crippen LogP contribution in [0.25, 0.3) is 55.6 Å². The first kappa shape index (κ1) is 32.8. The Kier molecular flexibility index (Phi) is 7.68. The van der Waals surface area contributed by atoms with E-state index < -0.39 is 5.41 Å². The van der Waals surface area contributed by atoms with Crippen LogP contribution in [0.5, 0.6) is 0 Å². The second-order valence-corrected chi connectivity index (χ2v) is 14.5. The van der Waals surface area contributed by atoms with Crippen molar-refractivity contribution in [1.29, 1.82) is 0 Å². The van der Waals surface area contributed by atoms with Gasteiger partial charge in [-0.15, -0.1) is 0 Å². The van der Waals surface area contributed by atoms with Crippen molar-refractivity contribution in [3.63, 3.8) is 0 Å². The fraction of sp³-hybridized carbons (Fsp3) is 0.0189. The van der Waals surface area contributed by atoms with E-state index in [1.54, 1.807) is 0 Å². The predicted octanol–water partition coefficient (Wildman–Crippen LogP) is 13.5. The van der Waals surface area contributed by atoms with Crippen molar-refractivity contribution in [3.8, 4) is 33.6 Å². The van der Waals surface area contributed by atoms with Crippen molar-refractivity contribution in [2.75, 3.05) is 4.90 Å². The molecule has 1 aliphatic rings. The molecule has 0 aliphatic carbocycles. The van der Waals surface area contributed by atoms with E-state index in [4.69, 9.17) is 14.4 Å². The predicted molar refractivity (Wildman–Crippen MR) is 232 cm³/mol. The van der Waals surface area contributed by atoms with E-state index in [-0.39, 0.29) is 0 Å². The zero-order valence-electron chi connectivity index (χ0n) is 31.0. The molecule has 0 saturated heterocycles. The van der Waals surface area contributed by atoms with Crippen molar-refractivity contribution < 1.29 is 4.42 Å². The van der Waals surface area contributed by atoms with E-state index in [9.17, 15) is 0 Å². The topological polar surface area (TPSA) is 42.2 Å². The smallest absolute Gasteiger partial charge is 0.235 e. The zero-order valence-corrected chi connectivity index (χ0v) is 31.0. The van der Waals surface area contributed by atoms with Gasteiger partial charge in [0.1, 0.15) is 11.2 Å². The second-order valence-electron chi connectivity index (χ2n) is 14.5. The third-order valence-corrected chi connectivity index (χ3v) is 11.4. The number of hydrogen-bond acceptors (Lipinski definition) is 4. The Morgan fingerprint density at radius 1 is 0.368 bits per heavy atom. The summed E-state index contributed by atoms with van der Waals surface area (Å²) in [5.41, 5.74) is 13.9. The minimum absolute atomic E-state index is 0.617. The van der Waals surface area contributed by atoms with Crippen molar-refractivity contribution in [2.45, 2.75) is 5.41 Å². The number of aromatic nitrogens is 2. The summed E-state index contributed by atoms with van der Waals surface area (Å²) in [7, 11) is 0. The van der Waals surface area contributed by atoms with Crippen LogP contribution in [0, 0.1) is 0 Å². The van der Waals surface area contributed by atoms with E-state index in [0.717, 1.165) is 78.1 Å². The highest BCUT2D eigenvalue weighted by atomic mass is 16.3. The van der Waals surface area contributed by atoms with Crippen molar-refractivity contribution in [1.82, 2.24) is 9.97 Å². The van der Waals surface area contributed by atoms with Crippen molar-refractivity contribution in [3.05, 3.63) is 235 Å². The molecular formula is C53H35N3O. The first-order valence-corrected chi connectivity index (χ1v) is 19.3. The van der Waals surface area contributed by atoms with Gasteiger partial charge in [-0.2, -0.15) is 0 Å². The Hall–Kier alpha value is -7.56. The second kappa shape index (κ2) is 13.3. The number of rotatable bonds is 6. The van der Waals surface area contributed by atoms with Crippen LogP contribution in [0.15, 0.2) is 217 Å². The molecule has 0 spiro atoms. The van der Waals surface area contributed by atoms with Crippen LogP contribution in [0.1, 0.15) is 22.3 Å². The molecule has 0 unspecified atom stereocenters. The van der Waals surface area contributed by atoms with Gasteiger partial charge in [-0.05, 0) is 75.8 Å². The molecule has 1 aliphatic heterocycles. The fourth-order valence-corrected chi connectivity index (χ4v) is 8.82. The SMILES string of the molecule is c1ccc(-c2cc(-c3ccccc3)nc(N3c4ccccc4C(c4ccccc4)(c4cccc(-c5ccc6oc7ccccc7c6c5)c4)c4ccccc43)n2)cc1. The third-order valence-electron chi connectivity index (χ3n) is 11.4. The Labute approximate surface area is 331 Å². The lowest BCUT2D eigenvalue weighted by Crippen LogP contribution is -2.38. The minimum atomic E-state index is -0.674.